The third kappa shape index (κ3) is 4.62. The topological polar surface area (TPSA) is 61.4 Å². The number of aryl methyl sites for hydroxylation is 3. The molecule has 6 nitrogen and oxygen atoms in total. The van der Waals surface area contributed by atoms with Crippen LogP contribution in [-0.4, -0.2) is 53.5 Å². The quantitative estimate of drug-likeness (QED) is 0.778. The van der Waals surface area contributed by atoms with Crippen molar-refractivity contribution in [2.45, 2.75) is 34.1 Å². The number of anilines is 2. The van der Waals surface area contributed by atoms with Crippen molar-refractivity contribution in [1.29, 1.82) is 0 Å². The fraction of sp³-hybridized carbons (Fsp3) is 0.476. The normalized spacial score (nSPS) is 15.0. The molecule has 0 atom stereocenters. The summed E-state index contributed by atoms with van der Waals surface area (Å²) < 4.78 is 0. The second-order valence-corrected chi connectivity index (χ2v) is 7.65. The first-order chi connectivity index (χ1) is 13.4. The van der Waals surface area contributed by atoms with Gasteiger partial charge in [0.1, 0.15) is 16.8 Å². The molecule has 1 aliphatic rings. The van der Waals surface area contributed by atoms with Crippen LogP contribution < -0.4 is 10.2 Å². The molecule has 1 amide bonds. The zero-order chi connectivity index (χ0) is 20.3. The van der Waals surface area contributed by atoms with E-state index in [0.717, 1.165) is 60.8 Å². The molecule has 2 aromatic rings. The molecule has 0 radical (unpaired) electrons. The van der Waals surface area contributed by atoms with Gasteiger partial charge in [-0.3, -0.25) is 9.69 Å². The van der Waals surface area contributed by atoms with Gasteiger partial charge in [0, 0.05) is 37.4 Å². The molecule has 0 spiro atoms. The summed E-state index contributed by atoms with van der Waals surface area (Å²) in [5.41, 5.74) is 4.08. The molecule has 1 saturated heterocycles. The third-order valence-corrected chi connectivity index (χ3v) is 5.50. The molecular formula is C21H28ClN5O. The smallest absolute Gasteiger partial charge is 0.238 e. The average Bonchev–Trinajstić information content (AvgIpc) is 2.65. The second kappa shape index (κ2) is 8.88. The lowest BCUT2D eigenvalue weighted by Crippen LogP contribution is -2.49. The van der Waals surface area contributed by atoms with Gasteiger partial charge < -0.3 is 10.2 Å². The van der Waals surface area contributed by atoms with Crippen molar-refractivity contribution in [1.82, 2.24) is 14.9 Å². The number of nitrogens with one attached hydrogen (secondary N) is 1. The monoisotopic (exact) mass is 401 g/mol. The summed E-state index contributed by atoms with van der Waals surface area (Å²) >= 11 is 6.31. The van der Waals surface area contributed by atoms with E-state index in [4.69, 9.17) is 11.6 Å². The number of amides is 1. The molecule has 150 valence electrons. The van der Waals surface area contributed by atoms with Crippen molar-refractivity contribution in [2.24, 2.45) is 0 Å². The van der Waals surface area contributed by atoms with Crippen molar-refractivity contribution < 1.29 is 4.79 Å². The fourth-order valence-electron chi connectivity index (χ4n) is 3.62. The first-order valence-electron chi connectivity index (χ1n) is 9.75. The number of carbonyl (C=O) groups is 1. The van der Waals surface area contributed by atoms with Gasteiger partial charge in [0.15, 0.2) is 0 Å². The Morgan fingerprint density at radius 3 is 2.36 bits per heavy atom. The highest BCUT2D eigenvalue weighted by Crippen LogP contribution is 2.26. The SMILES string of the molecule is CCc1c(Cl)nc(C)nc1N1CCN(CC(=O)Nc2c(C)cccc2C)CC1. The highest BCUT2D eigenvalue weighted by atomic mass is 35.5. The van der Waals surface area contributed by atoms with Crippen LogP contribution in [0.2, 0.25) is 5.15 Å². The van der Waals surface area contributed by atoms with Gasteiger partial charge in [-0.1, -0.05) is 36.7 Å². The maximum atomic E-state index is 12.5. The number of hydrogen-bond donors (Lipinski definition) is 1. The lowest BCUT2D eigenvalue weighted by Gasteiger charge is -2.36. The molecule has 0 unspecified atom stereocenters. The first-order valence-corrected chi connectivity index (χ1v) is 10.1. The summed E-state index contributed by atoms with van der Waals surface area (Å²) in [5, 5.41) is 3.61. The molecule has 1 N–H and O–H groups in total. The van der Waals surface area contributed by atoms with Gasteiger partial charge in [-0.05, 0) is 38.3 Å². The molecular weight excluding hydrogens is 374 g/mol. The molecule has 0 bridgehead atoms. The number of nitrogens with zero attached hydrogens (tertiary/aromatic N) is 4. The Balaban J connectivity index is 1.60. The molecule has 1 fully saturated rings. The maximum Gasteiger partial charge on any atom is 0.238 e. The Bertz CT molecular complexity index is 842. The number of halogens is 1. The third-order valence-electron chi connectivity index (χ3n) is 5.18. The molecule has 1 aromatic carbocycles. The number of hydrogen-bond acceptors (Lipinski definition) is 5. The van der Waals surface area contributed by atoms with Gasteiger partial charge in [-0.2, -0.15) is 0 Å². The van der Waals surface area contributed by atoms with Gasteiger partial charge in [-0.25, -0.2) is 9.97 Å². The van der Waals surface area contributed by atoms with Crippen LogP contribution in [-0.2, 0) is 11.2 Å². The van der Waals surface area contributed by atoms with Crippen LogP contribution in [0.5, 0.6) is 0 Å². The van der Waals surface area contributed by atoms with Gasteiger partial charge in [0.2, 0.25) is 5.91 Å². The zero-order valence-electron chi connectivity index (χ0n) is 17.0. The van der Waals surface area contributed by atoms with Gasteiger partial charge in [-0.15, -0.1) is 0 Å². The Labute approximate surface area is 171 Å². The molecule has 1 aromatic heterocycles. The summed E-state index contributed by atoms with van der Waals surface area (Å²) in [5.74, 6) is 1.65. The molecule has 3 rings (SSSR count). The van der Waals surface area contributed by atoms with E-state index in [1.807, 2.05) is 39.0 Å². The van der Waals surface area contributed by atoms with Crippen molar-refractivity contribution in [3.8, 4) is 0 Å². The van der Waals surface area contributed by atoms with E-state index in [2.05, 4.69) is 32.0 Å². The number of benzene rings is 1. The van der Waals surface area contributed by atoms with E-state index in [0.29, 0.717) is 17.5 Å². The van der Waals surface area contributed by atoms with Crippen LogP contribution in [0.3, 0.4) is 0 Å². The van der Waals surface area contributed by atoms with Crippen LogP contribution in [0.25, 0.3) is 0 Å². The van der Waals surface area contributed by atoms with E-state index in [9.17, 15) is 4.79 Å². The molecule has 0 saturated carbocycles. The maximum absolute atomic E-state index is 12.5. The number of piperazine rings is 1. The minimum atomic E-state index is 0.0287. The number of para-hydroxylation sites is 1. The molecule has 0 aliphatic carbocycles. The molecule has 1 aliphatic heterocycles. The fourth-order valence-corrected chi connectivity index (χ4v) is 3.97. The van der Waals surface area contributed by atoms with Crippen LogP contribution in [0, 0.1) is 20.8 Å². The highest BCUT2D eigenvalue weighted by molar-refractivity contribution is 6.30. The number of carbonyl (C=O) groups excluding carboxylic acids is 1. The van der Waals surface area contributed by atoms with E-state index in [1.165, 1.54) is 0 Å². The van der Waals surface area contributed by atoms with Crippen LogP contribution in [0.15, 0.2) is 18.2 Å². The average molecular weight is 402 g/mol. The molecule has 7 heteroatoms. The number of aromatic nitrogens is 2. The lowest BCUT2D eigenvalue weighted by atomic mass is 10.1. The summed E-state index contributed by atoms with van der Waals surface area (Å²) in [7, 11) is 0. The van der Waals surface area contributed by atoms with Crippen LogP contribution in [0.4, 0.5) is 11.5 Å². The van der Waals surface area contributed by atoms with Crippen LogP contribution in [0.1, 0.15) is 29.4 Å². The van der Waals surface area contributed by atoms with Crippen LogP contribution >= 0.6 is 11.6 Å². The molecule has 28 heavy (non-hydrogen) atoms. The van der Waals surface area contributed by atoms with Gasteiger partial charge in [0.05, 0.1) is 6.54 Å². The summed E-state index contributed by atoms with van der Waals surface area (Å²) in [4.78, 5) is 25.8. The predicted octanol–water partition coefficient (Wildman–Crippen LogP) is 3.38. The lowest BCUT2D eigenvalue weighted by molar-refractivity contribution is -0.117. The second-order valence-electron chi connectivity index (χ2n) is 7.30. The zero-order valence-corrected chi connectivity index (χ0v) is 17.8. The van der Waals surface area contributed by atoms with E-state index < -0.39 is 0 Å². The highest BCUT2D eigenvalue weighted by Gasteiger charge is 2.23. The van der Waals surface area contributed by atoms with Crippen molar-refractivity contribution >= 4 is 29.0 Å². The minimum Gasteiger partial charge on any atom is -0.354 e. The Kier molecular flexibility index (Phi) is 6.52. The molecule has 2 heterocycles. The van der Waals surface area contributed by atoms with Crippen molar-refractivity contribution in [3.05, 3.63) is 45.9 Å². The summed E-state index contributed by atoms with van der Waals surface area (Å²) in [6, 6.07) is 6.04. The summed E-state index contributed by atoms with van der Waals surface area (Å²) in [6.07, 6.45) is 0.798. The Hall–Kier alpha value is -2.18. The minimum absolute atomic E-state index is 0.0287. The largest absolute Gasteiger partial charge is 0.354 e. The van der Waals surface area contributed by atoms with Gasteiger partial charge in [0.25, 0.3) is 0 Å². The van der Waals surface area contributed by atoms with E-state index >= 15 is 0 Å². The first kappa shape index (κ1) is 20.6. The van der Waals surface area contributed by atoms with Crippen molar-refractivity contribution in [2.75, 3.05) is 42.9 Å². The summed E-state index contributed by atoms with van der Waals surface area (Å²) in [6.45, 7) is 11.6. The number of rotatable bonds is 5. The predicted molar refractivity (Wildman–Crippen MR) is 114 cm³/mol. The Morgan fingerprint density at radius 1 is 1.11 bits per heavy atom. The Morgan fingerprint density at radius 2 is 1.75 bits per heavy atom. The van der Waals surface area contributed by atoms with E-state index in [-0.39, 0.29) is 5.91 Å². The van der Waals surface area contributed by atoms with Gasteiger partial charge >= 0.3 is 0 Å². The standard InChI is InChI=1S/C21H28ClN5O/c1-5-17-20(22)23-16(4)24-21(17)27-11-9-26(10-12-27)13-18(28)25-19-14(2)7-6-8-15(19)3/h6-8H,5,9-13H2,1-4H3,(H,25,28). The van der Waals surface area contributed by atoms with E-state index in [1.54, 1.807) is 0 Å². The van der Waals surface area contributed by atoms with Crippen molar-refractivity contribution in [3.63, 3.8) is 0 Å².